The standard InChI is InChI=1S/C17H19ClN2S/c1-10-6-5-7-15-17(10)20(16(9-18)19-15)12(3)14-8-11(2)21-13(14)4/h5-8,12H,9H2,1-4H3. The molecule has 1 aromatic carbocycles. The van der Waals surface area contributed by atoms with Crippen LogP contribution >= 0.6 is 22.9 Å². The summed E-state index contributed by atoms with van der Waals surface area (Å²) in [6, 6.07) is 8.78. The van der Waals surface area contributed by atoms with E-state index in [0.717, 1.165) is 11.3 Å². The zero-order valence-electron chi connectivity index (χ0n) is 12.8. The minimum atomic E-state index is 0.245. The van der Waals surface area contributed by atoms with Crippen molar-refractivity contribution in [2.75, 3.05) is 0 Å². The van der Waals surface area contributed by atoms with Gasteiger partial charge in [-0.05, 0) is 51.0 Å². The molecule has 0 aliphatic rings. The molecule has 3 rings (SSSR count). The number of benzene rings is 1. The van der Waals surface area contributed by atoms with Crippen LogP contribution in [0.25, 0.3) is 11.0 Å². The maximum Gasteiger partial charge on any atom is 0.125 e. The number of nitrogens with zero attached hydrogens (tertiary/aromatic N) is 2. The van der Waals surface area contributed by atoms with Gasteiger partial charge in [-0.1, -0.05) is 12.1 Å². The Kier molecular flexibility index (Phi) is 3.80. The Bertz CT molecular complexity index is 801. The molecule has 2 aromatic heterocycles. The molecule has 4 heteroatoms. The third kappa shape index (κ3) is 2.39. The molecule has 0 saturated carbocycles. The summed E-state index contributed by atoms with van der Waals surface area (Å²) >= 11 is 8.00. The smallest absolute Gasteiger partial charge is 0.125 e. The molecule has 0 bridgehead atoms. The SMILES string of the molecule is Cc1cc(C(C)n2c(CCl)nc3cccc(C)c32)c(C)s1. The maximum absolute atomic E-state index is 6.15. The molecule has 3 aromatic rings. The molecule has 0 spiro atoms. The first-order chi connectivity index (χ1) is 10.0. The third-order valence-corrected chi connectivity index (χ3v) is 5.24. The number of hydrogen-bond acceptors (Lipinski definition) is 2. The number of thiophene rings is 1. The molecule has 1 atom stereocenters. The first-order valence-corrected chi connectivity index (χ1v) is 8.47. The van der Waals surface area contributed by atoms with E-state index in [1.165, 1.54) is 26.4 Å². The van der Waals surface area contributed by atoms with Crippen LogP contribution in [0.3, 0.4) is 0 Å². The van der Waals surface area contributed by atoms with Gasteiger partial charge in [0.1, 0.15) is 5.82 Å². The Morgan fingerprint density at radius 3 is 2.67 bits per heavy atom. The van der Waals surface area contributed by atoms with Gasteiger partial charge >= 0.3 is 0 Å². The third-order valence-electron chi connectivity index (χ3n) is 4.02. The quantitative estimate of drug-likeness (QED) is 0.593. The molecular weight excluding hydrogens is 300 g/mol. The summed E-state index contributed by atoms with van der Waals surface area (Å²) in [5.41, 5.74) is 4.84. The van der Waals surface area contributed by atoms with E-state index in [9.17, 15) is 0 Å². The van der Waals surface area contributed by atoms with Crippen molar-refractivity contribution in [3.05, 3.63) is 51.0 Å². The lowest BCUT2D eigenvalue weighted by Crippen LogP contribution is -2.10. The first-order valence-electron chi connectivity index (χ1n) is 7.12. The molecule has 2 heterocycles. The predicted octanol–water partition coefficient (Wildman–Crippen LogP) is 5.37. The number of rotatable bonds is 3. The number of halogens is 1. The minimum absolute atomic E-state index is 0.245. The Morgan fingerprint density at radius 1 is 1.29 bits per heavy atom. The largest absolute Gasteiger partial charge is 0.319 e. The van der Waals surface area contributed by atoms with Crippen molar-refractivity contribution >= 4 is 34.0 Å². The summed E-state index contributed by atoms with van der Waals surface area (Å²) in [6.07, 6.45) is 0. The molecule has 0 saturated heterocycles. The summed E-state index contributed by atoms with van der Waals surface area (Å²) in [7, 11) is 0. The van der Waals surface area contributed by atoms with Crippen LogP contribution in [0.2, 0.25) is 0 Å². The highest BCUT2D eigenvalue weighted by molar-refractivity contribution is 7.12. The van der Waals surface area contributed by atoms with Gasteiger partial charge in [0.25, 0.3) is 0 Å². The van der Waals surface area contributed by atoms with Crippen LogP contribution in [0, 0.1) is 20.8 Å². The second-order valence-corrected chi connectivity index (χ2v) is 7.25. The Balaban J connectivity index is 2.25. The lowest BCUT2D eigenvalue weighted by Gasteiger charge is -2.18. The van der Waals surface area contributed by atoms with Gasteiger partial charge in [0.2, 0.25) is 0 Å². The summed E-state index contributed by atoms with van der Waals surface area (Å²) < 4.78 is 2.30. The molecular formula is C17H19ClN2S. The van der Waals surface area contributed by atoms with Gasteiger partial charge in [-0.3, -0.25) is 0 Å². The molecule has 110 valence electrons. The molecule has 1 unspecified atom stereocenters. The van der Waals surface area contributed by atoms with E-state index in [1.807, 2.05) is 11.3 Å². The fourth-order valence-electron chi connectivity index (χ4n) is 3.08. The molecule has 0 radical (unpaired) electrons. The number of fused-ring (bicyclic) bond motifs is 1. The normalized spacial score (nSPS) is 13.0. The average molecular weight is 319 g/mol. The average Bonchev–Trinajstić information content (AvgIpc) is 2.98. The van der Waals surface area contributed by atoms with Crippen LogP contribution in [-0.2, 0) is 5.88 Å². The molecule has 0 aliphatic heterocycles. The van der Waals surface area contributed by atoms with Gasteiger partial charge in [0.15, 0.2) is 0 Å². The lowest BCUT2D eigenvalue weighted by atomic mass is 10.1. The van der Waals surface area contributed by atoms with E-state index in [0.29, 0.717) is 5.88 Å². The van der Waals surface area contributed by atoms with E-state index >= 15 is 0 Å². The van der Waals surface area contributed by atoms with E-state index < -0.39 is 0 Å². The van der Waals surface area contributed by atoms with Crippen LogP contribution in [0.5, 0.6) is 0 Å². The zero-order valence-corrected chi connectivity index (χ0v) is 14.3. The summed E-state index contributed by atoms with van der Waals surface area (Å²) in [5, 5.41) is 0. The van der Waals surface area contributed by atoms with Crippen molar-refractivity contribution in [1.82, 2.24) is 9.55 Å². The van der Waals surface area contributed by atoms with Crippen LogP contribution in [0.4, 0.5) is 0 Å². The van der Waals surface area contributed by atoms with Crippen molar-refractivity contribution in [1.29, 1.82) is 0 Å². The molecule has 0 amide bonds. The number of imidazole rings is 1. The summed E-state index contributed by atoms with van der Waals surface area (Å²) in [4.78, 5) is 7.43. The van der Waals surface area contributed by atoms with Crippen LogP contribution in [0.15, 0.2) is 24.3 Å². The van der Waals surface area contributed by atoms with Crippen LogP contribution in [-0.4, -0.2) is 9.55 Å². The number of aryl methyl sites for hydroxylation is 3. The molecule has 0 aliphatic carbocycles. The topological polar surface area (TPSA) is 17.8 Å². The maximum atomic E-state index is 6.15. The highest BCUT2D eigenvalue weighted by Gasteiger charge is 2.20. The Morgan fingerprint density at radius 2 is 2.05 bits per heavy atom. The van der Waals surface area contributed by atoms with Crippen molar-refractivity contribution in [3.63, 3.8) is 0 Å². The molecule has 0 fully saturated rings. The van der Waals surface area contributed by atoms with Gasteiger partial charge in [0, 0.05) is 9.75 Å². The second kappa shape index (κ2) is 5.47. The highest BCUT2D eigenvalue weighted by atomic mass is 35.5. The number of alkyl halides is 1. The zero-order chi connectivity index (χ0) is 15.1. The van der Waals surface area contributed by atoms with Crippen LogP contribution < -0.4 is 0 Å². The highest BCUT2D eigenvalue weighted by Crippen LogP contribution is 2.33. The number of aromatic nitrogens is 2. The first kappa shape index (κ1) is 14.6. The van der Waals surface area contributed by atoms with Crippen molar-refractivity contribution in [3.8, 4) is 0 Å². The monoisotopic (exact) mass is 318 g/mol. The van der Waals surface area contributed by atoms with Gasteiger partial charge in [-0.15, -0.1) is 22.9 Å². The van der Waals surface area contributed by atoms with Gasteiger partial charge in [-0.25, -0.2) is 4.98 Å². The molecule has 21 heavy (non-hydrogen) atoms. The molecule has 2 nitrogen and oxygen atoms in total. The lowest BCUT2D eigenvalue weighted by molar-refractivity contribution is 0.632. The van der Waals surface area contributed by atoms with Crippen molar-refractivity contribution < 1.29 is 0 Å². The summed E-state index contributed by atoms with van der Waals surface area (Å²) in [6.45, 7) is 8.72. The molecule has 0 N–H and O–H groups in total. The summed E-state index contributed by atoms with van der Waals surface area (Å²) in [5.74, 6) is 1.37. The van der Waals surface area contributed by atoms with E-state index in [2.05, 4.69) is 56.5 Å². The van der Waals surface area contributed by atoms with E-state index in [-0.39, 0.29) is 6.04 Å². The second-order valence-electron chi connectivity index (χ2n) is 5.52. The van der Waals surface area contributed by atoms with E-state index in [4.69, 9.17) is 16.6 Å². The Hall–Kier alpha value is -1.32. The Labute approximate surface area is 134 Å². The fraction of sp³-hybridized carbons (Fsp3) is 0.353. The van der Waals surface area contributed by atoms with Gasteiger partial charge in [-0.2, -0.15) is 0 Å². The number of hydrogen-bond donors (Lipinski definition) is 0. The van der Waals surface area contributed by atoms with Crippen molar-refractivity contribution in [2.24, 2.45) is 0 Å². The fourth-order valence-corrected chi connectivity index (χ4v) is 4.29. The van der Waals surface area contributed by atoms with Crippen LogP contribution in [0.1, 0.15) is 39.7 Å². The van der Waals surface area contributed by atoms with E-state index in [1.54, 1.807) is 0 Å². The van der Waals surface area contributed by atoms with Gasteiger partial charge < -0.3 is 4.57 Å². The van der Waals surface area contributed by atoms with Crippen molar-refractivity contribution in [2.45, 2.75) is 39.6 Å². The minimum Gasteiger partial charge on any atom is -0.319 e. The number of para-hydroxylation sites is 1. The predicted molar refractivity (Wildman–Crippen MR) is 91.6 cm³/mol. The van der Waals surface area contributed by atoms with Gasteiger partial charge in [0.05, 0.1) is 23.0 Å².